The Morgan fingerprint density at radius 3 is 2.31 bits per heavy atom. The molecule has 2 heterocycles. The van der Waals surface area contributed by atoms with E-state index < -0.39 is 52.2 Å². The van der Waals surface area contributed by atoms with E-state index in [1.165, 1.54) is 28.0 Å². The van der Waals surface area contributed by atoms with Crippen molar-refractivity contribution < 1.29 is 41.8 Å². The van der Waals surface area contributed by atoms with Gasteiger partial charge in [0.05, 0.1) is 11.3 Å². The van der Waals surface area contributed by atoms with E-state index in [0.29, 0.717) is 11.1 Å². The number of carbonyl (C=O) groups excluding carboxylic acids is 2. The van der Waals surface area contributed by atoms with Gasteiger partial charge in [0.1, 0.15) is 23.4 Å². The molecule has 39 heavy (non-hydrogen) atoms. The molecule has 2 aliphatic rings. The lowest BCUT2D eigenvalue weighted by atomic mass is 9.91. The third-order valence-electron chi connectivity index (χ3n) is 6.63. The summed E-state index contributed by atoms with van der Waals surface area (Å²) < 4.78 is 59.6. The molecule has 2 aliphatic heterocycles. The summed E-state index contributed by atoms with van der Waals surface area (Å²) in [4.78, 5) is 40.5. The number of likely N-dealkylation sites (tertiary alicyclic amines) is 1. The number of nitrogens with zero attached hydrogens (tertiary/aromatic N) is 2. The Labute approximate surface area is 224 Å². The van der Waals surface area contributed by atoms with Gasteiger partial charge in [0.2, 0.25) is 0 Å². The Balaban J connectivity index is 1.63. The van der Waals surface area contributed by atoms with Crippen molar-refractivity contribution in [2.45, 2.75) is 30.4 Å². The van der Waals surface area contributed by atoms with Gasteiger partial charge in [-0.1, -0.05) is 6.07 Å². The Morgan fingerprint density at radius 1 is 1.10 bits per heavy atom. The van der Waals surface area contributed by atoms with Crippen LogP contribution in [-0.2, 0) is 16.0 Å². The van der Waals surface area contributed by atoms with E-state index in [0.717, 1.165) is 12.1 Å². The lowest BCUT2D eigenvalue weighted by molar-refractivity contribution is -0.139. The number of ether oxygens (including phenoxy) is 1. The SMILES string of the molecule is CS(C)(C)c1c(F)cc(NC(=O)[C@H]2c3ccc(OC(F)F)cc3CCN2C(=O)N2CC(CC(=O)O)C2)cc1F. The van der Waals surface area contributed by atoms with Crippen molar-refractivity contribution in [3.63, 3.8) is 0 Å². The van der Waals surface area contributed by atoms with Gasteiger partial charge in [0.15, 0.2) is 0 Å². The number of carboxylic acid groups (broad SMARTS) is 1. The predicted octanol–water partition coefficient (Wildman–Crippen LogP) is 4.68. The zero-order valence-electron chi connectivity index (χ0n) is 21.5. The Bertz CT molecular complexity index is 1270. The topological polar surface area (TPSA) is 99.2 Å². The maximum Gasteiger partial charge on any atom is 0.387 e. The van der Waals surface area contributed by atoms with Gasteiger partial charge in [-0.3, -0.25) is 9.59 Å². The van der Waals surface area contributed by atoms with Gasteiger partial charge in [-0.05, 0) is 60.6 Å². The number of hydrogen-bond donors (Lipinski definition) is 2. The van der Waals surface area contributed by atoms with Crippen molar-refractivity contribution >= 4 is 33.6 Å². The molecule has 4 rings (SSSR count). The fourth-order valence-corrected chi connectivity index (χ4v) is 6.27. The fourth-order valence-electron chi connectivity index (χ4n) is 4.98. The largest absolute Gasteiger partial charge is 0.481 e. The number of rotatable bonds is 7. The molecule has 2 N–H and O–H groups in total. The summed E-state index contributed by atoms with van der Waals surface area (Å²) >= 11 is 0. The highest BCUT2D eigenvalue weighted by Gasteiger charge is 2.42. The van der Waals surface area contributed by atoms with Gasteiger partial charge in [-0.25, -0.2) is 23.6 Å². The van der Waals surface area contributed by atoms with Crippen molar-refractivity contribution in [1.82, 2.24) is 9.80 Å². The van der Waals surface area contributed by atoms with Gasteiger partial charge < -0.3 is 25.0 Å². The second-order valence-electron chi connectivity index (χ2n) is 10.3. The first-order valence-electron chi connectivity index (χ1n) is 12.1. The molecule has 1 saturated heterocycles. The average molecular weight is 572 g/mol. The van der Waals surface area contributed by atoms with Crippen LogP contribution in [0.1, 0.15) is 23.6 Å². The second kappa shape index (κ2) is 10.9. The lowest BCUT2D eigenvalue weighted by Crippen LogP contribution is -2.58. The highest BCUT2D eigenvalue weighted by Crippen LogP contribution is 2.48. The summed E-state index contributed by atoms with van der Waals surface area (Å²) in [6, 6.07) is 4.35. The van der Waals surface area contributed by atoms with Crippen molar-refractivity contribution in [3.05, 3.63) is 53.1 Å². The molecule has 3 amide bonds. The average Bonchev–Trinajstić information content (AvgIpc) is 2.77. The van der Waals surface area contributed by atoms with E-state index >= 15 is 0 Å². The molecule has 13 heteroatoms. The molecule has 212 valence electrons. The minimum atomic E-state index is -3.04. The molecule has 0 bridgehead atoms. The van der Waals surface area contributed by atoms with Crippen LogP contribution < -0.4 is 10.1 Å². The van der Waals surface area contributed by atoms with Crippen molar-refractivity contribution in [2.24, 2.45) is 5.92 Å². The molecule has 0 saturated carbocycles. The van der Waals surface area contributed by atoms with Crippen molar-refractivity contribution in [2.75, 3.05) is 43.7 Å². The number of carboxylic acids is 1. The molecule has 0 aromatic heterocycles. The molecule has 0 aliphatic carbocycles. The maximum atomic E-state index is 14.8. The number of hydrogen-bond acceptors (Lipinski definition) is 4. The monoisotopic (exact) mass is 571 g/mol. The Morgan fingerprint density at radius 2 is 1.74 bits per heavy atom. The number of aliphatic carboxylic acids is 1. The first kappa shape index (κ1) is 28.5. The number of anilines is 1. The maximum absolute atomic E-state index is 14.8. The number of alkyl halides is 2. The minimum absolute atomic E-state index is 0.0528. The summed E-state index contributed by atoms with van der Waals surface area (Å²) in [5, 5.41) is 11.5. The molecule has 8 nitrogen and oxygen atoms in total. The number of nitrogens with one attached hydrogen (secondary N) is 1. The van der Waals surface area contributed by atoms with Crippen LogP contribution in [0.15, 0.2) is 35.2 Å². The molecule has 0 unspecified atom stereocenters. The summed E-state index contributed by atoms with van der Waals surface area (Å²) in [6.45, 7) is -2.58. The summed E-state index contributed by atoms with van der Waals surface area (Å²) in [5.74, 6) is -3.64. The first-order chi connectivity index (χ1) is 18.2. The molecule has 0 radical (unpaired) electrons. The van der Waals surface area contributed by atoms with Crippen LogP contribution in [0.25, 0.3) is 0 Å². The summed E-state index contributed by atoms with van der Waals surface area (Å²) in [7, 11) is -1.74. The van der Waals surface area contributed by atoms with E-state index in [1.807, 2.05) is 0 Å². The lowest BCUT2D eigenvalue weighted by Gasteiger charge is -2.45. The molecular weight excluding hydrogens is 542 g/mol. The second-order valence-corrected chi connectivity index (χ2v) is 14.4. The number of fused-ring (bicyclic) bond motifs is 1. The third-order valence-corrected chi connectivity index (χ3v) is 8.25. The van der Waals surface area contributed by atoms with Gasteiger partial charge in [-0.2, -0.15) is 8.78 Å². The van der Waals surface area contributed by atoms with Gasteiger partial charge in [-0.15, -0.1) is 0 Å². The van der Waals surface area contributed by atoms with Gasteiger partial charge in [0.25, 0.3) is 5.91 Å². The third kappa shape index (κ3) is 6.23. The molecule has 2 aromatic rings. The van der Waals surface area contributed by atoms with Crippen LogP contribution in [0, 0.1) is 17.6 Å². The summed E-state index contributed by atoms with van der Waals surface area (Å²) in [5.41, 5.74) is 0.729. The van der Waals surface area contributed by atoms with Crippen LogP contribution in [0.5, 0.6) is 5.75 Å². The molecular formula is C26H29F4N3O5S. The molecule has 0 spiro atoms. The molecule has 2 aromatic carbocycles. The Kier molecular flexibility index (Phi) is 8.01. The van der Waals surface area contributed by atoms with Gasteiger partial charge in [0, 0.05) is 31.2 Å². The zero-order valence-corrected chi connectivity index (χ0v) is 22.4. The highest BCUT2D eigenvalue weighted by molar-refractivity contribution is 8.32. The normalized spacial score (nSPS) is 17.9. The standard InChI is InChI=1S/C26H29F4N3O5S/c1-39(2,3)23-19(27)10-16(11-20(23)28)31-24(36)22-18-5-4-17(38-25(29)30)9-15(18)6-7-33(22)26(37)32-12-14(13-32)8-21(34)35/h4-5,9-11,14,22,25H,6-8,12-13H2,1-3H3,(H,31,36)(H,34,35)/t22-/m1/s1. The quantitative estimate of drug-likeness (QED) is 0.470. The van der Waals surface area contributed by atoms with Crippen LogP contribution in [0.2, 0.25) is 0 Å². The van der Waals surface area contributed by atoms with Crippen molar-refractivity contribution in [1.29, 1.82) is 0 Å². The number of amides is 3. The van der Waals surface area contributed by atoms with Crippen molar-refractivity contribution in [3.8, 4) is 5.75 Å². The van der Waals surface area contributed by atoms with Crippen LogP contribution in [0.4, 0.5) is 28.0 Å². The summed E-state index contributed by atoms with van der Waals surface area (Å²) in [6.07, 6.45) is 5.35. The molecule has 1 fully saturated rings. The number of halogens is 4. The fraction of sp³-hybridized carbons (Fsp3) is 0.423. The first-order valence-corrected chi connectivity index (χ1v) is 14.9. The number of carbonyl (C=O) groups is 3. The highest BCUT2D eigenvalue weighted by atomic mass is 32.3. The smallest absolute Gasteiger partial charge is 0.387 e. The van der Waals surface area contributed by atoms with E-state index in [4.69, 9.17) is 5.11 Å². The van der Waals surface area contributed by atoms with Crippen LogP contribution >= 0.6 is 10.0 Å². The number of benzene rings is 2. The predicted molar refractivity (Wildman–Crippen MR) is 138 cm³/mol. The van der Waals surface area contributed by atoms with E-state index in [9.17, 15) is 31.9 Å². The van der Waals surface area contributed by atoms with E-state index in [2.05, 4.69) is 10.1 Å². The zero-order chi connectivity index (χ0) is 28.6. The Hall–Kier alpha value is -3.48. The van der Waals surface area contributed by atoms with E-state index in [-0.39, 0.29) is 54.7 Å². The minimum Gasteiger partial charge on any atom is -0.481 e. The van der Waals surface area contributed by atoms with E-state index in [1.54, 1.807) is 18.8 Å². The van der Waals surface area contributed by atoms with Crippen LogP contribution in [0.3, 0.4) is 0 Å². The molecule has 1 atom stereocenters. The number of urea groups is 1. The van der Waals surface area contributed by atoms with Crippen LogP contribution in [-0.4, -0.2) is 77.8 Å². The van der Waals surface area contributed by atoms with Gasteiger partial charge >= 0.3 is 18.6 Å².